The minimum atomic E-state index is -0.233. The summed E-state index contributed by atoms with van der Waals surface area (Å²) in [5, 5.41) is 6.03. The second kappa shape index (κ2) is 7.61. The summed E-state index contributed by atoms with van der Waals surface area (Å²) in [5.41, 5.74) is 2.09. The van der Waals surface area contributed by atoms with Crippen molar-refractivity contribution >= 4 is 11.9 Å². The molecule has 6 heteroatoms. The van der Waals surface area contributed by atoms with Crippen molar-refractivity contribution in [2.75, 3.05) is 5.32 Å². The molecule has 2 heterocycles. The van der Waals surface area contributed by atoms with Crippen molar-refractivity contribution < 1.29 is 9.21 Å². The quantitative estimate of drug-likeness (QED) is 0.720. The van der Waals surface area contributed by atoms with E-state index in [0.29, 0.717) is 18.2 Å². The van der Waals surface area contributed by atoms with E-state index in [1.54, 1.807) is 12.3 Å². The van der Waals surface area contributed by atoms with E-state index in [2.05, 4.69) is 20.6 Å². The Morgan fingerprint density at radius 1 is 1.16 bits per heavy atom. The zero-order valence-corrected chi connectivity index (χ0v) is 14.2. The molecular formula is C19H20N4O2. The first-order valence-corrected chi connectivity index (χ1v) is 8.09. The van der Waals surface area contributed by atoms with Gasteiger partial charge in [-0.1, -0.05) is 30.3 Å². The first kappa shape index (κ1) is 16.7. The van der Waals surface area contributed by atoms with Crippen LogP contribution in [0.3, 0.4) is 0 Å². The van der Waals surface area contributed by atoms with Gasteiger partial charge in [-0.05, 0) is 37.6 Å². The van der Waals surface area contributed by atoms with Crippen LogP contribution in [0.4, 0.5) is 5.95 Å². The molecule has 128 valence electrons. The summed E-state index contributed by atoms with van der Waals surface area (Å²) in [4.78, 5) is 21.1. The molecule has 0 aliphatic carbocycles. The molecule has 0 saturated heterocycles. The highest BCUT2D eigenvalue weighted by Crippen LogP contribution is 2.13. The molecule has 0 fully saturated rings. The van der Waals surface area contributed by atoms with Crippen molar-refractivity contribution in [1.29, 1.82) is 0 Å². The lowest BCUT2D eigenvalue weighted by Crippen LogP contribution is -2.28. The molecule has 0 spiro atoms. The van der Waals surface area contributed by atoms with Crippen LogP contribution in [-0.4, -0.2) is 15.9 Å². The maximum Gasteiger partial charge on any atom is 0.270 e. The van der Waals surface area contributed by atoms with Gasteiger partial charge in [-0.3, -0.25) is 4.79 Å². The first-order valence-electron chi connectivity index (χ1n) is 8.09. The number of hydrogen-bond acceptors (Lipinski definition) is 5. The summed E-state index contributed by atoms with van der Waals surface area (Å²) < 4.78 is 5.27. The number of carbonyl (C=O) groups is 1. The molecule has 2 N–H and O–H groups in total. The minimum Gasteiger partial charge on any atom is -0.467 e. The third kappa shape index (κ3) is 4.44. The van der Waals surface area contributed by atoms with Crippen molar-refractivity contribution in [2.45, 2.75) is 26.4 Å². The van der Waals surface area contributed by atoms with Crippen LogP contribution in [0.5, 0.6) is 0 Å². The monoisotopic (exact) mass is 336 g/mol. The van der Waals surface area contributed by atoms with E-state index in [1.807, 2.05) is 56.3 Å². The fraction of sp³-hybridized carbons (Fsp3) is 0.211. The van der Waals surface area contributed by atoms with Crippen LogP contribution >= 0.6 is 0 Å². The average molecular weight is 336 g/mol. The molecule has 1 amide bonds. The van der Waals surface area contributed by atoms with E-state index in [1.165, 1.54) is 0 Å². The number of amides is 1. The Morgan fingerprint density at radius 3 is 2.68 bits per heavy atom. The fourth-order valence-corrected chi connectivity index (χ4v) is 2.44. The van der Waals surface area contributed by atoms with Gasteiger partial charge in [0, 0.05) is 5.69 Å². The molecule has 0 saturated carbocycles. The summed E-state index contributed by atoms with van der Waals surface area (Å²) in [5.74, 6) is 0.936. The van der Waals surface area contributed by atoms with Crippen LogP contribution in [0, 0.1) is 6.92 Å². The number of anilines is 1. The van der Waals surface area contributed by atoms with E-state index in [-0.39, 0.29) is 11.9 Å². The standard InChI is InChI=1S/C19H20N4O2/c1-13-11-17(18(24)22-14(2)15-7-4-3-5-8-15)23-19(21-13)20-12-16-9-6-10-25-16/h3-11,14H,12H2,1-2H3,(H,22,24)(H,20,21,23). The topological polar surface area (TPSA) is 80.0 Å². The molecule has 2 aromatic heterocycles. The average Bonchev–Trinajstić information content (AvgIpc) is 3.14. The molecule has 0 aliphatic rings. The number of aryl methyl sites for hydroxylation is 1. The second-order valence-electron chi connectivity index (χ2n) is 5.76. The van der Waals surface area contributed by atoms with E-state index in [9.17, 15) is 4.79 Å². The van der Waals surface area contributed by atoms with Gasteiger partial charge >= 0.3 is 0 Å². The minimum absolute atomic E-state index is 0.108. The number of furan rings is 1. The zero-order valence-electron chi connectivity index (χ0n) is 14.2. The van der Waals surface area contributed by atoms with Gasteiger partial charge < -0.3 is 15.1 Å². The molecule has 0 radical (unpaired) electrons. The second-order valence-corrected chi connectivity index (χ2v) is 5.76. The molecule has 3 aromatic rings. The summed E-state index contributed by atoms with van der Waals surface area (Å²) in [6, 6.07) is 15.0. The maximum atomic E-state index is 12.5. The maximum absolute atomic E-state index is 12.5. The van der Waals surface area contributed by atoms with E-state index < -0.39 is 0 Å². The number of carbonyl (C=O) groups excluding carboxylic acids is 1. The van der Waals surface area contributed by atoms with Gasteiger partial charge in [0.15, 0.2) is 0 Å². The Hall–Kier alpha value is -3.15. The Balaban J connectivity index is 1.69. The Bertz CT molecular complexity index is 832. The van der Waals surface area contributed by atoms with Crippen LogP contribution in [-0.2, 0) is 6.54 Å². The van der Waals surface area contributed by atoms with E-state index in [4.69, 9.17) is 4.42 Å². The van der Waals surface area contributed by atoms with Crippen LogP contribution in [0.2, 0.25) is 0 Å². The highest BCUT2D eigenvalue weighted by Gasteiger charge is 2.14. The van der Waals surface area contributed by atoms with E-state index >= 15 is 0 Å². The van der Waals surface area contributed by atoms with Crippen molar-refractivity contribution in [3.8, 4) is 0 Å². The van der Waals surface area contributed by atoms with Crippen LogP contribution in [0.25, 0.3) is 0 Å². The van der Waals surface area contributed by atoms with Crippen molar-refractivity contribution in [3.05, 3.63) is 77.5 Å². The summed E-state index contributed by atoms with van der Waals surface area (Å²) in [6.07, 6.45) is 1.61. The van der Waals surface area contributed by atoms with Crippen molar-refractivity contribution in [3.63, 3.8) is 0 Å². The van der Waals surface area contributed by atoms with Gasteiger partial charge in [0.1, 0.15) is 11.5 Å². The highest BCUT2D eigenvalue weighted by molar-refractivity contribution is 5.92. The number of aromatic nitrogens is 2. The third-order valence-corrected chi connectivity index (χ3v) is 3.73. The predicted octanol–water partition coefficient (Wildman–Crippen LogP) is 3.48. The van der Waals surface area contributed by atoms with Crippen LogP contribution in [0.1, 0.15) is 40.5 Å². The van der Waals surface area contributed by atoms with E-state index in [0.717, 1.165) is 17.0 Å². The lowest BCUT2D eigenvalue weighted by Gasteiger charge is -2.14. The third-order valence-electron chi connectivity index (χ3n) is 3.73. The number of nitrogens with zero attached hydrogens (tertiary/aromatic N) is 2. The Morgan fingerprint density at radius 2 is 1.96 bits per heavy atom. The lowest BCUT2D eigenvalue weighted by molar-refractivity contribution is 0.0934. The first-order chi connectivity index (χ1) is 12.1. The number of benzene rings is 1. The molecule has 3 rings (SSSR count). The molecule has 0 bridgehead atoms. The largest absolute Gasteiger partial charge is 0.467 e. The molecule has 25 heavy (non-hydrogen) atoms. The molecule has 1 atom stereocenters. The summed E-state index contributed by atoms with van der Waals surface area (Å²) >= 11 is 0. The van der Waals surface area contributed by atoms with Crippen molar-refractivity contribution in [2.24, 2.45) is 0 Å². The van der Waals surface area contributed by atoms with Crippen LogP contribution < -0.4 is 10.6 Å². The molecule has 1 aromatic carbocycles. The molecular weight excluding hydrogens is 316 g/mol. The number of rotatable bonds is 6. The summed E-state index contributed by atoms with van der Waals surface area (Å²) in [7, 11) is 0. The fourth-order valence-electron chi connectivity index (χ4n) is 2.44. The van der Waals surface area contributed by atoms with Gasteiger partial charge in [-0.2, -0.15) is 0 Å². The normalized spacial score (nSPS) is 11.8. The Kier molecular flexibility index (Phi) is 5.09. The zero-order chi connectivity index (χ0) is 17.6. The van der Waals surface area contributed by atoms with Gasteiger partial charge in [0.05, 0.1) is 18.8 Å². The lowest BCUT2D eigenvalue weighted by atomic mass is 10.1. The van der Waals surface area contributed by atoms with Crippen molar-refractivity contribution in [1.82, 2.24) is 15.3 Å². The molecule has 1 unspecified atom stereocenters. The smallest absolute Gasteiger partial charge is 0.270 e. The number of nitrogens with one attached hydrogen (secondary N) is 2. The highest BCUT2D eigenvalue weighted by atomic mass is 16.3. The molecule has 6 nitrogen and oxygen atoms in total. The predicted molar refractivity (Wildman–Crippen MR) is 95.1 cm³/mol. The SMILES string of the molecule is Cc1cc(C(=O)NC(C)c2ccccc2)nc(NCc2ccco2)n1. The van der Waals surface area contributed by atoms with Gasteiger partial charge in [0.25, 0.3) is 5.91 Å². The Labute approximate surface area is 146 Å². The molecule has 0 aliphatic heterocycles. The van der Waals surface area contributed by atoms with Gasteiger partial charge in [-0.15, -0.1) is 0 Å². The summed E-state index contributed by atoms with van der Waals surface area (Å²) in [6.45, 7) is 4.23. The van der Waals surface area contributed by atoms with Gasteiger partial charge in [0.2, 0.25) is 5.95 Å². The number of hydrogen-bond donors (Lipinski definition) is 2. The van der Waals surface area contributed by atoms with Gasteiger partial charge in [-0.25, -0.2) is 9.97 Å². The van der Waals surface area contributed by atoms with Crippen LogP contribution in [0.15, 0.2) is 59.2 Å².